The average Bonchev–Trinajstić information content (AvgIpc) is 2.97. The van der Waals surface area contributed by atoms with E-state index in [1.807, 2.05) is 6.08 Å². The molecule has 136 valence electrons. The van der Waals surface area contributed by atoms with Crippen LogP contribution in [-0.4, -0.2) is 35.7 Å². The van der Waals surface area contributed by atoms with Crippen molar-refractivity contribution in [2.24, 2.45) is 28.6 Å². The summed E-state index contributed by atoms with van der Waals surface area (Å²) in [5.74, 6) is -0.379. The fraction of sp³-hybridized carbons (Fsp3) is 0.750. The topological polar surface area (TPSA) is 65.0 Å². The van der Waals surface area contributed by atoms with Gasteiger partial charge in [-0.2, -0.15) is 0 Å². The lowest BCUT2D eigenvalue weighted by atomic mass is 9.62. The standard InChI is InChI=1S/C20H26O5/c1-11-9-18-10-19(11,22)6-5-12(18)20-7-8-24-16(25-20)17(2,3)14(20)13(18)15(21)23-4/h7-8,12-14,16,22H,1,5-6,9-10H2,2-4H3/t12-,13-,14-,16-,18+,19+,20-/m1/s1. The van der Waals surface area contributed by atoms with Crippen LogP contribution in [0.15, 0.2) is 24.5 Å². The molecule has 1 N–H and O–H groups in total. The number of fused-ring (bicyclic) bond motifs is 2. The van der Waals surface area contributed by atoms with Crippen molar-refractivity contribution in [1.82, 2.24) is 0 Å². The summed E-state index contributed by atoms with van der Waals surface area (Å²) in [6.45, 7) is 8.41. The van der Waals surface area contributed by atoms with Crippen molar-refractivity contribution in [3.05, 3.63) is 24.5 Å². The van der Waals surface area contributed by atoms with Gasteiger partial charge in [-0.25, -0.2) is 0 Å². The Labute approximate surface area is 148 Å². The molecule has 5 heteroatoms. The van der Waals surface area contributed by atoms with Crippen LogP contribution in [0.2, 0.25) is 0 Å². The molecule has 0 aromatic heterocycles. The lowest BCUT2D eigenvalue weighted by Gasteiger charge is -2.46. The van der Waals surface area contributed by atoms with Crippen molar-refractivity contribution < 1.29 is 24.1 Å². The van der Waals surface area contributed by atoms with Gasteiger partial charge in [0, 0.05) is 11.3 Å². The number of carbonyl (C=O) groups is 1. The maximum absolute atomic E-state index is 13.0. The fourth-order valence-corrected chi connectivity index (χ4v) is 7.22. The van der Waals surface area contributed by atoms with Gasteiger partial charge in [-0.1, -0.05) is 20.4 Å². The number of ether oxygens (including phenoxy) is 3. The zero-order chi connectivity index (χ0) is 17.8. The normalized spacial score (nSPS) is 54.0. The lowest BCUT2D eigenvalue weighted by Crippen LogP contribution is -2.48. The third kappa shape index (κ3) is 1.53. The zero-order valence-corrected chi connectivity index (χ0v) is 15.1. The summed E-state index contributed by atoms with van der Waals surface area (Å²) in [5, 5.41) is 11.1. The number of methoxy groups -OCH3 is 1. The molecule has 7 atom stereocenters. The molecule has 4 bridgehead atoms. The van der Waals surface area contributed by atoms with Crippen LogP contribution in [-0.2, 0) is 19.0 Å². The Balaban J connectivity index is 1.75. The summed E-state index contributed by atoms with van der Waals surface area (Å²) < 4.78 is 17.5. The molecule has 0 aromatic rings. The zero-order valence-electron chi connectivity index (χ0n) is 15.1. The summed E-state index contributed by atoms with van der Waals surface area (Å²) in [6.07, 6.45) is 6.21. The van der Waals surface area contributed by atoms with Gasteiger partial charge in [0.15, 0.2) is 0 Å². The first-order valence-corrected chi connectivity index (χ1v) is 9.21. The van der Waals surface area contributed by atoms with Gasteiger partial charge in [0.25, 0.3) is 0 Å². The minimum absolute atomic E-state index is 0.0329. The number of hydrogen-bond acceptors (Lipinski definition) is 5. The third-order valence-electron chi connectivity index (χ3n) is 8.05. The molecule has 4 fully saturated rings. The summed E-state index contributed by atoms with van der Waals surface area (Å²) >= 11 is 0. The number of hydrogen-bond donors (Lipinski definition) is 1. The molecule has 2 heterocycles. The highest BCUT2D eigenvalue weighted by atomic mass is 16.7. The molecule has 5 nitrogen and oxygen atoms in total. The van der Waals surface area contributed by atoms with Gasteiger partial charge in [-0.3, -0.25) is 4.79 Å². The molecular weight excluding hydrogens is 320 g/mol. The summed E-state index contributed by atoms with van der Waals surface area (Å²) in [6, 6.07) is 0. The Morgan fingerprint density at radius 2 is 2.20 bits per heavy atom. The fourth-order valence-electron chi connectivity index (χ4n) is 7.22. The van der Waals surface area contributed by atoms with E-state index in [0.717, 1.165) is 12.0 Å². The maximum atomic E-state index is 13.0. The molecule has 3 aliphatic carbocycles. The predicted octanol–water partition coefficient (Wildman–Crippen LogP) is 2.55. The summed E-state index contributed by atoms with van der Waals surface area (Å²) in [4.78, 5) is 13.0. The van der Waals surface area contributed by atoms with Crippen LogP contribution >= 0.6 is 0 Å². The molecule has 3 saturated carbocycles. The van der Waals surface area contributed by atoms with Gasteiger partial charge in [-0.15, -0.1) is 0 Å². The maximum Gasteiger partial charge on any atom is 0.309 e. The van der Waals surface area contributed by atoms with Gasteiger partial charge in [0.05, 0.1) is 24.9 Å². The van der Waals surface area contributed by atoms with Crippen LogP contribution in [0.4, 0.5) is 0 Å². The first kappa shape index (κ1) is 15.9. The van der Waals surface area contributed by atoms with Crippen molar-refractivity contribution >= 4 is 5.97 Å². The molecule has 1 saturated heterocycles. The molecule has 0 radical (unpaired) electrons. The van der Waals surface area contributed by atoms with Crippen molar-refractivity contribution in [3.8, 4) is 0 Å². The molecule has 0 unspecified atom stereocenters. The average molecular weight is 346 g/mol. The number of carbonyl (C=O) groups excluding carboxylic acids is 1. The van der Waals surface area contributed by atoms with E-state index in [2.05, 4.69) is 20.4 Å². The smallest absolute Gasteiger partial charge is 0.309 e. The largest absolute Gasteiger partial charge is 0.472 e. The monoisotopic (exact) mass is 346 g/mol. The van der Waals surface area contributed by atoms with E-state index >= 15 is 0 Å². The van der Waals surface area contributed by atoms with Gasteiger partial charge in [0.2, 0.25) is 6.29 Å². The first-order valence-electron chi connectivity index (χ1n) is 9.21. The third-order valence-corrected chi connectivity index (χ3v) is 8.05. The molecule has 2 spiro atoms. The second-order valence-corrected chi connectivity index (χ2v) is 9.36. The highest BCUT2D eigenvalue weighted by Gasteiger charge is 2.81. The molecule has 0 amide bonds. The van der Waals surface area contributed by atoms with E-state index in [9.17, 15) is 9.90 Å². The highest BCUT2D eigenvalue weighted by molar-refractivity contribution is 5.76. The van der Waals surface area contributed by atoms with Crippen LogP contribution in [0.5, 0.6) is 0 Å². The Hall–Kier alpha value is -1.33. The van der Waals surface area contributed by atoms with Crippen molar-refractivity contribution in [2.45, 2.75) is 57.0 Å². The number of aliphatic hydroxyl groups is 1. The first-order chi connectivity index (χ1) is 11.7. The van der Waals surface area contributed by atoms with Gasteiger partial charge >= 0.3 is 5.97 Å². The minimum atomic E-state index is -0.851. The predicted molar refractivity (Wildman–Crippen MR) is 89.1 cm³/mol. The molecule has 5 aliphatic rings. The van der Waals surface area contributed by atoms with Crippen LogP contribution in [0.25, 0.3) is 0 Å². The summed E-state index contributed by atoms with van der Waals surface area (Å²) in [5.41, 5.74) is -1.17. The second kappa shape index (κ2) is 4.32. The van der Waals surface area contributed by atoms with E-state index in [0.29, 0.717) is 19.3 Å². The van der Waals surface area contributed by atoms with Gasteiger partial charge < -0.3 is 19.3 Å². The van der Waals surface area contributed by atoms with E-state index in [1.54, 1.807) is 6.26 Å². The Bertz CT molecular complexity index is 711. The van der Waals surface area contributed by atoms with Gasteiger partial charge in [-0.05, 0) is 48.7 Å². The van der Waals surface area contributed by atoms with Crippen LogP contribution in [0.1, 0.15) is 39.5 Å². The van der Waals surface area contributed by atoms with Crippen LogP contribution in [0, 0.1) is 28.6 Å². The second-order valence-electron chi connectivity index (χ2n) is 9.36. The van der Waals surface area contributed by atoms with Crippen molar-refractivity contribution in [3.63, 3.8) is 0 Å². The minimum Gasteiger partial charge on any atom is -0.472 e. The molecule has 25 heavy (non-hydrogen) atoms. The molecular formula is C20H26O5. The van der Waals surface area contributed by atoms with E-state index in [1.165, 1.54) is 7.11 Å². The number of esters is 1. The summed E-state index contributed by atoms with van der Waals surface area (Å²) in [7, 11) is 1.46. The van der Waals surface area contributed by atoms with E-state index in [4.69, 9.17) is 14.2 Å². The van der Waals surface area contributed by atoms with Crippen LogP contribution in [0.3, 0.4) is 0 Å². The van der Waals surface area contributed by atoms with E-state index < -0.39 is 11.2 Å². The van der Waals surface area contributed by atoms with E-state index in [-0.39, 0.29) is 40.8 Å². The Kier molecular flexibility index (Phi) is 2.74. The van der Waals surface area contributed by atoms with Crippen molar-refractivity contribution in [1.29, 1.82) is 0 Å². The van der Waals surface area contributed by atoms with Crippen LogP contribution < -0.4 is 0 Å². The Morgan fingerprint density at radius 1 is 1.44 bits per heavy atom. The lowest BCUT2D eigenvalue weighted by molar-refractivity contribution is -0.197. The molecule has 0 aromatic carbocycles. The quantitative estimate of drug-likeness (QED) is 0.584. The molecule has 5 rings (SSSR count). The van der Waals surface area contributed by atoms with Crippen molar-refractivity contribution in [2.75, 3.05) is 7.11 Å². The Morgan fingerprint density at radius 3 is 2.92 bits per heavy atom. The SMILES string of the molecule is C=C1C[C@]23C[C@@]1(O)CC[C@H]2[C@@]12C=CO[C@H](O1)C(C)(C)[C@H]2[C@@H]3C(=O)OC. The molecule has 2 aliphatic heterocycles. The van der Waals surface area contributed by atoms with Gasteiger partial charge in [0.1, 0.15) is 5.60 Å². The highest BCUT2D eigenvalue weighted by Crippen LogP contribution is 2.77. The number of rotatable bonds is 1.